The molecule has 0 bridgehead atoms. The average molecular weight is 343 g/mol. The summed E-state index contributed by atoms with van der Waals surface area (Å²) in [7, 11) is 0. The zero-order valence-corrected chi connectivity index (χ0v) is 13.2. The maximum Gasteiger partial charge on any atom is 0.264 e. The number of benzene rings is 2. The summed E-state index contributed by atoms with van der Waals surface area (Å²) in [6.07, 6.45) is 0. The van der Waals surface area contributed by atoms with E-state index in [1.165, 1.54) is 6.07 Å². The first kappa shape index (κ1) is 15.8. The fraction of sp³-hybridized carbons (Fsp3) is 0.0625. The van der Waals surface area contributed by atoms with Gasteiger partial charge in [0.05, 0.1) is 5.56 Å². The molecule has 3 aromatic rings. The van der Waals surface area contributed by atoms with E-state index in [4.69, 9.17) is 4.74 Å². The normalized spacial score (nSPS) is 10.3. The fourth-order valence-corrected chi connectivity index (χ4v) is 2.69. The highest BCUT2D eigenvalue weighted by atomic mass is 32.1. The lowest BCUT2D eigenvalue weighted by Crippen LogP contribution is -2.20. The molecule has 0 fully saturated rings. The van der Waals surface area contributed by atoms with Gasteiger partial charge in [0.2, 0.25) is 5.13 Å². The van der Waals surface area contributed by atoms with Gasteiger partial charge in [-0.1, -0.05) is 35.6 Å². The van der Waals surface area contributed by atoms with Crippen LogP contribution < -0.4 is 10.1 Å². The number of aromatic nitrogens is 2. The lowest BCUT2D eigenvalue weighted by molar-refractivity contribution is -0.118. The summed E-state index contributed by atoms with van der Waals surface area (Å²) >= 11 is 1.08. The van der Waals surface area contributed by atoms with Gasteiger partial charge >= 0.3 is 0 Å². The highest BCUT2D eigenvalue weighted by Crippen LogP contribution is 2.38. The van der Waals surface area contributed by atoms with Crippen molar-refractivity contribution in [3.8, 4) is 27.8 Å². The van der Waals surface area contributed by atoms with E-state index in [-0.39, 0.29) is 29.1 Å². The van der Waals surface area contributed by atoms with E-state index in [2.05, 4.69) is 15.5 Å². The van der Waals surface area contributed by atoms with Crippen molar-refractivity contribution >= 4 is 22.4 Å². The minimum atomic E-state index is -0.373. The van der Waals surface area contributed by atoms with Gasteiger partial charge in [0.15, 0.2) is 23.1 Å². The Hall–Kier alpha value is -3.13. The van der Waals surface area contributed by atoms with Crippen LogP contribution in [0, 0.1) is 0 Å². The van der Waals surface area contributed by atoms with Crippen molar-refractivity contribution in [3.63, 3.8) is 0 Å². The van der Waals surface area contributed by atoms with E-state index in [0.717, 1.165) is 11.3 Å². The summed E-state index contributed by atoms with van der Waals surface area (Å²) in [5.41, 5.74) is 0.341. The van der Waals surface area contributed by atoms with Crippen LogP contribution in [0.1, 0.15) is 0 Å². The number of nitrogens with zero attached hydrogens (tertiary/aromatic N) is 2. The number of carbonyl (C=O) groups excluding carboxylic acids is 1. The van der Waals surface area contributed by atoms with Crippen LogP contribution in [0.25, 0.3) is 10.6 Å². The third-order valence-corrected chi connectivity index (χ3v) is 3.90. The molecule has 8 heteroatoms. The second kappa shape index (κ2) is 6.97. The van der Waals surface area contributed by atoms with Gasteiger partial charge in [0.25, 0.3) is 5.91 Å². The molecule has 7 nitrogen and oxygen atoms in total. The Balaban J connectivity index is 1.63. The summed E-state index contributed by atoms with van der Waals surface area (Å²) in [5.74, 6) is -0.305. The van der Waals surface area contributed by atoms with Gasteiger partial charge < -0.3 is 14.9 Å². The number of aromatic hydroxyl groups is 2. The summed E-state index contributed by atoms with van der Waals surface area (Å²) in [6.45, 7) is -0.156. The molecule has 1 aromatic heterocycles. The quantitative estimate of drug-likeness (QED) is 0.615. The van der Waals surface area contributed by atoms with E-state index in [1.54, 1.807) is 24.3 Å². The zero-order valence-electron chi connectivity index (χ0n) is 12.3. The van der Waals surface area contributed by atoms with Crippen LogP contribution in [0.2, 0.25) is 0 Å². The van der Waals surface area contributed by atoms with Crippen molar-refractivity contribution in [2.75, 3.05) is 11.9 Å². The Bertz CT molecular complexity index is 852. The molecule has 1 amide bonds. The number of rotatable bonds is 5. The summed E-state index contributed by atoms with van der Waals surface area (Å²) < 4.78 is 5.34. The number of ether oxygens (including phenoxy) is 1. The Kier molecular flexibility index (Phi) is 4.57. The van der Waals surface area contributed by atoms with Gasteiger partial charge in [0, 0.05) is 0 Å². The van der Waals surface area contributed by atoms with Crippen LogP contribution in [0.5, 0.6) is 17.2 Å². The predicted octanol–water partition coefficient (Wildman–Crippen LogP) is 2.63. The maximum absolute atomic E-state index is 11.9. The largest absolute Gasteiger partial charge is 0.504 e. The third-order valence-electron chi connectivity index (χ3n) is 3.03. The van der Waals surface area contributed by atoms with Gasteiger partial charge in [-0.05, 0) is 24.3 Å². The van der Waals surface area contributed by atoms with Crippen molar-refractivity contribution in [2.45, 2.75) is 0 Å². The second-order valence-corrected chi connectivity index (χ2v) is 5.71. The highest BCUT2D eigenvalue weighted by molar-refractivity contribution is 7.18. The summed E-state index contributed by atoms with van der Waals surface area (Å²) in [5, 5.41) is 30.3. The molecule has 0 aliphatic rings. The molecule has 2 aromatic carbocycles. The number of hydrogen-bond donors (Lipinski definition) is 3. The molecule has 1 heterocycles. The first-order valence-electron chi connectivity index (χ1n) is 6.96. The Morgan fingerprint density at radius 2 is 1.88 bits per heavy atom. The van der Waals surface area contributed by atoms with Crippen molar-refractivity contribution in [3.05, 3.63) is 48.5 Å². The topological polar surface area (TPSA) is 105 Å². The van der Waals surface area contributed by atoms with E-state index in [1.807, 2.05) is 18.2 Å². The van der Waals surface area contributed by atoms with Gasteiger partial charge in [-0.15, -0.1) is 10.2 Å². The van der Waals surface area contributed by atoms with E-state index >= 15 is 0 Å². The van der Waals surface area contributed by atoms with Gasteiger partial charge in [-0.3, -0.25) is 10.1 Å². The SMILES string of the molecule is O=C(COc1ccccc1)Nc1nnc(-c2cccc(O)c2O)s1. The number of phenols is 2. The van der Waals surface area contributed by atoms with E-state index in [0.29, 0.717) is 16.3 Å². The molecule has 0 radical (unpaired) electrons. The molecular weight excluding hydrogens is 330 g/mol. The Morgan fingerprint density at radius 1 is 1.08 bits per heavy atom. The van der Waals surface area contributed by atoms with E-state index < -0.39 is 0 Å². The van der Waals surface area contributed by atoms with Crippen LogP contribution in [0.3, 0.4) is 0 Å². The number of anilines is 1. The van der Waals surface area contributed by atoms with Gasteiger partial charge in [-0.25, -0.2) is 0 Å². The molecule has 24 heavy (non-hydrogen) atoms. The number of amides is 1. The first-order valence-corrected chi connectivity index (χ1v) is 7.77. The van der Waals surface area contributed by atoms with Crippen molar-refractivity contribution in [1.29, 1.82) is 0 Å². The number of phenolic OH excluding ortho intramolecular Hbond substituents is 2. The molecule has 3 N–H and O–H groups in total. The molecule has 3 rings (SSSR count). The predicted molar refractivity (Wildman–Crippen MR) is 89.2 cm³/mol. The molecular formula is C16H13N3O4S. The smallest absolute Gasteiger partial charge is 0.264 e. The van der Waals surface area contributed by atoms with Crippen LogP contribution in [0.15, 0.2) is 48.5 Å². The number of para-hydroxylation sites is 2. The van der Waals surface area contributed by atoms with Crippen LogP contribution in [-0.4, -0.2) is 32.9 Å². The lowest BCUT2D eigenvalue weighted by atomic mass is 10.2. The van der Waals surface area contributed by atoms with Crippen LogP contribution >= 0.6 is 11.3 Å². The van der Waals surface area contributed by atoms with Gasteiger partial charge in [0.1, 0.15) is 5.75 Å². The third kappa shape index (κ3) is 3.61. The first-order chi connectivity index (χ1) is 11.6. The monoisotopic (exact) mass is 343 g/mol. The second-order valence-electron chi connectivity index (χ2n) is 4.74. The minimum Gasteiger partial charge on any atom is -0.504 e. The number of hydrogen-bond acceptors (Lipinski definition) is 7. The van der Waals surface area contributed by atoms with Crippen LogP contribution in [0.4, 0.5) is 5.13 Å². The fourth-order valence-electron chi connectivity index (χ4n) is 1.91. The van der Waals surface area contributed by atoms with E-state index in [9.17, 15) is 15.0 Å². The summed E-state index contributed by atoms with van der Waals surface area (Å²) in [6, 6.07) is 13.5. The standard InChI is InChI=1S/C16H13N3O4S/c20-12-8-4-7-11(14(12)22)15-18-19-16(24-15)17-13(21)9-23-10-5-2-1-3-6-10/h1-8,20,22H,9H2,(H,17,19,21). The van der Waals surface area contributed by atoms with Crippen molar-refractivity contribution in [1.82, 2.24) is 10.2 Å². The zero-order chi connectivity index (χ0) is 16.9. The number of carbonyl (C=O) groups is 1. The molecule has 0 aliphatic carbocycles. The number of nitrogens with one attached hydrogen (secondary N) is 1. The molecule has 0 aliphatic heterocycles. The Labute approximate surface area is 141 Å². The minimum absolute atomic E-state index is 0.156. The summed E-state index contributed by atoms with van der Waals surface area (Å²) in [4.78, 5) is 11.9. The lowest BCUT2D eigenvalue weighted by Gasteiger charge is -2.04. The maximum atomic E-state index is 11.9. The highest BCUT2D eigenvalue weighted by Gasteiger charge is 2.14. The van der Waals surface area contributed by atoms with Gasteiger partial charge in [-0.2, -0.15) is 0 Å². The van der Waals surface area contributed by atoms with Crippen LogP contribution in [-0.2, 0) is 4.79 Å². The Morgan fingerprint density at radius 3 is 2.67 bits per heavy atom. The molecule has 0 saturated heterocycles. The molecule has 0 unspecified atom stereocenters. The molecule has 0 spiro atoms. The van der Waals surface area contributed by atoms with Crippen molar-refractivity contribution in [2.24, 2.45) is 0 Å². The average Bonchev–Trinajstić information content (AvgIpc) is 3.04. The molecule has 0 saturated carbocycles. The molecule has 122 valence electrons. The van der Waals surface area contributed by atoms with Crippen molar-refractivity contribution < 1.29 is 19.7 Å². The molecule has 0 atom stereocenters.